The Bertz CT molecular complexity index is 747. The molecule has 2 aromatic rings. The number of carbonyl (C=O) groups excluding carboxylic acids is 1. The van der Waals surface area contributed by atoms with Gasteiger partial charge in [-0.2, -0.15) is 0 Å². The molecule has 116 valence electrons. The van der Waals surface area contributed by atoms with Crippen molar-refractivity contribution >= 4 is 16.8 Å². The summed E-state index contributed by atoms with van der Waals surface area (Å²) in [6.07, 6.45) is 3.60. The van der Waals surface area contributed by atoms with Gasteiger partial charge in [-0.25, -0.2) is 4.98 Å². The first-order valence-electron chi connectivity index (χ1n) is 7.59. The van der Waals surface area contributed by atoms with Crippen LogP contribution in [0, 0.1) is 0 Å². The van der Waals surface area contributed by atoms with Gasteiger partial charge in [-0.1, -0.05) is 6.07 Å². The number of nitrogens with one attached hydrogen (secondary N) is 2. The molecule has 22 heavy (non-hydrogen) atoms. The van der Waals surface area contributed by atoms with Crippen LogP contribution in [0.1, 0.15) is 24.3 Å². The lowest BCUT2D eigenvalue weighted by Crippen LogP contribution is -2.30. The van der Waals surface area contributed by atoms with Crippen LogP contribution in [0.5, 0.6) is 0 Å². The molecule has 2 N–H and O–H groups in total. The van der Waals surface area contributed by atoms with Gasteiger partial charge in [0.2, 0.25) is 5.91 Å². The highest BCUT2D eigenvalue weighted by Crippen LogP contribution is 2.26. The predicted octanol–water partition coefficient (Wildman–Crippen LogP) is 0.609. The smallest absolute Gasteiger partial charge is 0.261 e. The van der Waals surface area contributed by atoms with Crippen LogP contribution in [0.2, 0.25) is 0 Å². The molecule has 1 aromatic carbocycles. The second-order valence-electron chi connectivity index (χ2n) is 5.65. The monoisotopic (exact) mass is 300 g/mol. The Morgan fingerprint density at radius 1 is 1.41 bits per heavy atom. The Morgan fingerprint density at radius 2 is 2.18 bits per heavy atom. The molecule has 2 heterocycles. The second-order valence-corrected chi connectivity index (χ2v) is 5.65. The van der Waals surface area contributed by atoms with Crippen LogP contribution in [0.25, 0.3) is 10.9 Å². The molecule has 0 bridgehead atoms. The third kappa shape index (κ3) is 2.87. The molecular weight excluding hydrogens is 280 g/mol. The van der Waals surface area contributed by atoms with Gasteiger partial charge in [0.1, 0.15) is 6.54 Å². The summed E-state index contributed by atoms with van der Waals surface area (Å²) in [6.45, 7) is 2.02. The van der Waals surface area contributed by atoms with Gasteiger partial charge in [0.15, 0.2) is 0 Å². The van der Waals surface area contributed by atoms with Crippen LogP contribution >= 0.6 is 0 Å². The average Bonchev–Trinajstić information content (AvgIpc) is 2.58. The van der Waals surface area contributed by atoms with E-state index in [1.807, 2.05) is 12.1 Å². The highest BCUT2D eigenvalue weighted by atomic mass is 16.2. The summed E-state index contributed by atoms with van der Waals surface area (Å²) in [4.78, 5) is 28.3. The van der Waals surface area contributed by atoms with Crippen molar-refractivity contribution in [2.45, 2.75) is 25.3 Å². The fourth-order valence-electron chi connectivity index (χ4n) is 2.93. The molecule has 0 atom stereocenters. The predicted molar refractivity (Wildman–Crippen MR) is 84.9 cm³/mol. The number of carbonyl (C=O) groups is 1. The van der Waals surface area contributed by atoms with E-state index in [4.69, 9.17) is 0 Å². The van der Waals surface area contributed by atoms with Gasteiger partial charge < -0.3 is 10.6 Å². The maximum atomic E-state index is 12.5. The maximum Gasteiger partial charge on any atom is 0.261 e. The van der Waals surface area contributed by atoms with E-state index >= 15 is 0 Å². The molecule has 6 heteroatoms. The van der Waals surface area contributed by atoms with Crippen molar-refractivity contribution in [1.29, 1.82) is 0 Å². The number of aromatic nitrogens is 2. The summed E-state index contributed by atoms with van der Waals surface area (Å²) >= 11 is 0. The fraction of sp³-hybridized carbons (Fsp3) is 0.438. The first-order valence-corrected chi connectivity index (χ1v) is 7.59. The molecule has 0 aliphatic carbocycles. The van der Waals surface area contributed by atoms with E-state index < -0.39 is 0 Å². The number of likely N-dealkylation sites (N-methyl/N-ethyl adjacent to an activating group) is 1. The first-order chi connectivity index (χ1) is 10.7. The van der Waals surface area contributed by atoms with E-state index in [9.17, 15) is 9.59 Å². The van der Waals surface area contributed by atoms with Crippen LogP contribution in [0.4, 0.5) is 0 Å². The third-order valence-electron chi connectivity index (χ3n) is 4.25. The van der Waals surface area contributed by atoms with Gasteiger partial charge in [0, 0.05) is 7.05 Å². The van der Waals surface area contributed by atoms with Crippen LogP contribution in [-0.2, 0) is 11.3 Å². The SMILES string of the molecule is CNC(=O)Cn1cnc2ccc(C3CCNCC3)cc2c1=O. The van der Waals surface area contributed by atoms with E-state index in [-0.39, 0.29) is 18.0 Å². The quantitative estimate of drug-likeness (QED) is 0.871. The molecule has 1 amide bonds. The Balaban J connectivity index is 2.00. The summed E-state index contributed by atoms with van der Waals surface area (Å²) in [5, 5.41) is 6.45. The maximum absolute atomic E-state index is 12.5. The number of hydrogen-bond donors (Lipinski definition) is 2. The zero-order valence-electron chi connectivity index (χ0n) is 12.6. The average molecular weight is 300 g/mol. The molecule has 0 unspecified atom stereocenters. The van der Waals surface area contributed by atoms with Crippen LogP contribution in [0.15, 0.2) is 29.3 Å². The lowest BCUT2D eigenvalue weighted by molar-refractivity contribution is -0.121. The summed E-state index contributed by atoms with van der Waals surface area (Å²) in [6, 6.07) is 5.91. The van der Waals surface area contributed by atoms with E-state index in [1.54, 1.807) is 7.05 Å². The van der Waals surface area contributed by atoms with Crippen molar-refractivity contribution in [3.63, 3.8) is 0 Å². The van der Waals surface area contributed by atoms with Gasteiger partial charge in [0.05, 0.1) is 17.2 Å². The molecule has 3 rings (SSSR count). The number of fused-ring (bicyclic) bond motifs is 1. The molecular formula is C16H20N4O2. The lowest BCUT2D eigenvalue weighted by atomic mass is 9.89. The standard InChI is InChI=1S/C16H20N4O2/c1-17-15(21)9-20-10-19-14-3-2-12(8-13(14)16(20)22)11-4-6-18-7-5-11/h2-3,8,10-11,18H,4-7,9H2,1H3,(H,17,21). The minimum atomic E-state index is -0.210. The van der Waals surface area contributed by atoms with E-state index in [1.165, 1.54) is 16.5 Å². The molecule has 1 fully saturated rings. The van der Waals surface area contributed by atoms with Gasteiger partial charge in [-0.3, -0.25) is 14.2 Å². The van der Waals surface area contributed by atoms with Crippen LogP contribution in [0.3, 0.4) is 0 Å². The fourth-order valence-corrected chi connectivity index (χ4v) is 2.93. The molecule has 1 saturated heterocycles. The summed E-state index contributed by atoms with van der Waals surface area (Å²) in [5.74, 6) is 0.274. The van der Waals surface area contributed by atoms with Crippen molar-refractivity contribution in [3.8, 4) is 0 Å². The molecule has 1 aromatic heterocycles. The number of piperidine rings is 1. The molecule has 6 nitrogen and oxygen atoms in total. The van der Waals surface area contributed by atoms with Crippen molar-refractivity contribution in [2.24, 2.45) is 0 Å². The van der Waals surface area contributed by atoms with Crippen molar-refractivity contribution in [3.05, 3.63) is 40.4 Å². The van der Waals surface area contributed by atoms with Crippen LogP contribution < -0.4 is 16.2 Å². The summed E-state index contributed by atoms with van der Waals surface area (Å²) in [7, 11) is 1.55. The Labute approximate surface area is 128 Å². The van der Waals surface area contributed by atoms with Crippen molar-refractivity contribution in [1.82, 2.24) is 20.2 Å². The van der Waals surface area contributed by atoms with Gasteiger partial charge in [0.25, 0.3) is 5.56 Å². The highest BCUT2D eigenvalue weighted by molar-refractivity contribution is 5.79. The number of hydrogen-bond acceptors (Lipinski definition) is 4. The van der Waals surface area contributed by atoms with E-state index in [0.29, 0.717) is 16.8 Å². The normalized spacial score (nSPS) is 15.9. The molecule has 0 spiro atoms. The molecule has 1 aliphatic heterocycles. The topological polar surface area (TPSA) is 76.0 Å². The van der Waals surface area contributed by atoms with Gasteiger partial charge >= 0.3 is 0 Å². The minimum absolute atomic E-state index is 0.00412. The number of rotatable bonds is 3. The Morgan fingerprint density at radius 3 is 2.91 bits per heavy atom. The van der Waals surface area contributed by atoms with Gasteiger partial charge in [-0.05, 0) is 49.5 Å². The number of benzene rings is 1. The Kier molecular flexibility index (Phi) is 4.20. The Hall–Kier alpha value is -2.21. The molecule has 1 aliphatic rings. The van der Waals surface area contributed by atoms with E-state index in [0.717, 1.165) is 25.9 Å². The lowest BCUT2D eigenvalue weighted by Gasteiger charge is -2.23. The zero-order chi connectivity index (χ0) is 15.5. The highest BCUT2D eigenvalue weighted by Gasteiger charge is 2.16. The molecule has 0 saturated carbocycles. The largest absolute Gasteiger partial charge is 0.358 e. The zero-order valence-corrected chi connectivity index (χ0v) is 12.6. The summed E-state index contributed by atoms with van der Waals surface area (Å²) in [5.41, 5.74) is 1.70. The summed E-state index contributed by atoms with van der Waals surface area (Å²) < 4.78 is 1.35. The van der Waals surface area contributed by atoms with Crippen molar-refractivity contribution in [2.75, 3.05) is 20.1 Å². The van der Waals surface area contributed by atoms with Crippen LogP contribution in [-0.4, -0.2) is 35.6 Å². The number of nitrogens with zero attached hydrogens (tertiary/aromatic N) is 2. The minimum Gasteiger partial charge on any atom is -0.358 e. The number of amides is 1. The van der Waals surface area contributed by atoms with Gasteiger partial charge in [-0.15, -0.1) is 0 Å². The third-order valence-corrected chi connectivity index (χ3v) is 4.25. The first kappa shape index (κ1) is 14.7. The molecule has 0 radical (unpaired) electrons. The van der Waals surface area contributed by atoms with E-state index in [2.05, 4.69) is 21.7 Å². The second kappa shape index (κ2) is 6.27. The van der Waals surface area contributed by atoms with Crippen molar-refractivity contribution < 1.29 is 4.79 Å².